The summed E-state index contributed by atoms with van der Waals surface area (Å²) in [5, 5.41) is 19.7. The summed E-state index contributed by atoms with van der Waals surface area (Å²) in [6.07, 6.45) is 9.19. The zero-order chi connectivity index (χ0) is 12.7. The molecule has 1 aliphatic rings. The largest absolute Gasteiger partial charge is 0.391 e. The van der Waals surface area contributed by atoms with E-state index in [1.807, 2.05) is 0 Å². The molecule has 2 nitrogen and oxygen atoms in total. The van der Waals surface area contributed by atoms with Crippen molar-refractivity contribution in [2.24, 2.45) is 11.3 Å². The van der Waals surface area contributed by atoms with Crippen LogP contribution in [0.15, 0.2) is 0 Å². The molecular weight excluding hydrogens is 210 g/mol. The molecule has 3 unspecified atom stereocenters. The third-order valence-corrected chi connectivity index (χ3v) is 4.22. The van der Waals surface area contributed by atoms with E-state index in [1.165, 1.54) is 25.7 Å². The van der Waals surface area contributed by atoms with E-state index in [2.05, 4.69) is 19.9 Å². The fraction of sp³-hybridized carbons (Fsp3) is 0.933. The van der Waals surface area contributed by atoms with Crippen molar-refractivity contribution in [2.45, 2.75) is 77.7 Å². The van der Waals surface area contributed by atoms with E-state index >= 15 is 0 Å². The predicted molar refractivity (Wildman–Crippen MR) is 70.4 cm³/mol. The second-order valence-electron chi connectivity index (χ2n) is 5.83. The molecule has 0 amide bonds. The van der Waals surface area contributed by atoms with Gasteiger partial charge in [-0.1, -0.05) is 52.4 Å². The second kappa shape index (κ2) is 7.01. The number of aliphatic hydroxyl groups is 1. The number of unbranched alkanes of at least 4 members (excludes halogenated alkanes) is 3. The molecule has 1 aliphatic carbocycles. The third kappa shape index (κ3) is 4.00. The van der Waals surface area contributed by atoms with Gasteiger partial charge in [-0.2, -0.15) is 5.26 Å². The maximum Gasteiger partial charge on any atom is 0.0834 e. The summed E-state index contributed by atoms with van der Waals surface area (Å²) in [4.78, 5) is 0. The number of rotatable bonds is 6. The van der Waals surface area contributed by atoms with E-state index in [0.29, 0.717) is 5.92 Å². The van der Waals surface area contributed by atoms with Crippen LogP contribution < -0.4 is 0 Å². The average molecular weight is 237 g/mol. The molecule has 1 fully saturated rings. The SMILES string of the molecule is CCCCCCC(O)C1(C#N)CCCC(C)C1. The number of nitrogens with zero attached hydrogens (tertiary/aromatic N) is 1. The molecule has 2 heteroatoms. The van der Waals surface area contributed by atoms with E-state index in [-0.39, 0.29) is 0 Å². The monoisotopic (exact) mass is 237 g/mol. The molecule has 17 heavy (non-hydrogen) atoms. The quantitative estimate of drug-likeness (QED) is 0.709. The fourth-order valence-corrected chi connectivity index (χ4v) is 3.11. The van der Waals surface area contributed by atoms with Crippen molar-refractivity contribution in [1.82, 2.24) is 0 Å². The Labute approximate surface area is 106 Å². The van der Waals surface area contributed by atoms with Crippen LogP contribution in [0, 0.1) is 22.7 Å². The van der Waals surface area contributed by atoms with E-state index in [0.717, 1.165) is 32.1 Å². The highest BCUT2D eigenvalue weighted by molar-refractivity contribution is 5.05. The highest BCUT2D eigenvalue weighted by Gasteiger charge is 2.41. The Balaban J connectivity index is 2.45. The summed E-state index contributed by atoms with van der Waals surface area (Å²) < 4.78 is 0. The summed E-state index contributed by atoms with van der Waals surface area (Å²) in [6, 6.07) is 2.44. The topological polar surface area (TPSA) is 44.0 Å². The molecule has 0 aliphatic heterocycles. The van der Waals surface area contributed by atoms with Crippen molar-refractivity contribution >= 4 is 0 Å². The minimum absolute atomic E-state index is 0.410. The van der Waals surface area contributed by atoms with Crippen molar-refractivity contribution in [3.05, 3.63) is 0 Å². The van der Waals surface area contributed by atoms with E-state index in [4.69, 9.17) is 0 Å². The van der Waals surface area contributed by atoms with E-state index in [1.54, 1.807) is 0 Å². The van der Waals surface area contributed by atoms with Crippen molar-refractivity contribution < 1.29 is 5.11 Å². The molecule has 1 N–H and O–H groups in total. The van der Waals surface area contributed by atoms with Gasteiger partial charge in [0, 0.05) is 0 Å². The van der Waals surface area contributed by atoms with Gasteiger partial charge in [0.2, 0.25) is 0 Å². The molecule has 0 aromatic rings. The summed E-state index contributed by atoms with van der Waals surface area (Å²) in [7, 11) is 0. The molecule has 0 saturated heterocycles. The van der Waals surface area contributed by atoms with Gasteiger partial charge in [-0.15, -0.1) is 0 Å². The van der Waals surface area contributed by atoms with Gasteiger partial charge in [-0.05, 0) is 25.2 Å². The molecule has 0 aromatic carbocycles. The Morgan fingerprint density at radius 3 is 2.76 bits per heavy atom. The van der Waals surface area contributed by atoms with Gasteiger partial charge in [0.1, 0.15) is 0 Å². The van der Waals surface area contributed by atoms with Gasteiger partial charge in [0.25, 0.3) is 0 Å². The van der Waals surface area contributed by atoms with Gasteiger partial charge in [-0.25, -0.2) is 0 Å². The molecule has 1 rings (SSSR count). The van der Waals surface area contributed by atoms with Crippen LogP contribution in [0.3, 0.4) is 0 Å². The minimum Gasteiger partial charge on any atom is -0.391 e. The molecule has 0 spiro atoms. The molecule has 98 valence electrons. The Kier molecular flexibility index (Phi) is 5.98. The molecule has 1 saturated carbocycles. The Bertz CT molecular complexity index is 258. The lowest BCUT2D eigenvalue weighted by Gasteiger charge is -2.38. The van der Waals surface area contributed by atoms with Crippen LogP contribution in [0.25, 0.3) is 0 Å². The van der Waals surface area contributed by atoms with Gasteiger partial charge in [-0.3, -0.25) is 0 Å². The average Bonchev–Trinajstić information content (AvgIpc) is 2.34. The van der Waals surface area contributed by atoms with Crippen molar-refractivity contribution in [3.8, 4) is 6.07 Å². The summed E-state index contributed by atoms with van der Waals surface area (Å²) >= 11 is 0. The van der Waals surface area contributed by atoms with Crippen LogP contribution in [0.4, 0.5) is 0 Å². The Morgan fingerprint density at radius 2 is 2.18 bits per heavy atom. The number of hydrogen-bond donors (Lipinski definition) is 1. The van der Waals surface area contributed by atoms with Crippen LogP contribution in [0.5, 0.6) is 0 Å². The lowest BCUT2D eigenvalue weighted by molar-refractivity contribution is 0.0160. The van der Waals surface area contributed by atoms with Crippen LogP contribution in [-0.2, 0) is 0 Å². The van der Waals surface area contributed by atoms with Crippen LogP contribution in [0.1, 0.15) is 71.6 Å². The first-order chi connectivity index (χ1) is 8.14. The predicted octanol–water partition coefficient (Wildman–Crippen LogP) is 4.04. The number of aliphatic hydroxyl groups excluding tert-OH is 1. The molecule has 0 aromatic heterocycles. The lowest BCUT2D eigenvalue weighted by atomic mass is 9.67. The Hall–Kier alpha value is -0.550. The third-order valence-electron chi connectivity index (χ3n) is 4.22. The van der Waals surface area contributed by atoms with Crippen molar-refractivity contribution in [3.63, 3.8) is 0 Å². The summed E-state index contributed by atoms with van der Waals surface area (Å²) in [6.45, 7) is 4.39. The zero-order valence-corrected chi connectivity index (χ0v) is 11.4. The lowest BCUT2D eigenvalue weighted by Crippen LogP contribution is -2.38. The standard InChI is InChI=1S/C15H27NO/c1-3-4-5-6-9-14(17)15(12-16)10-7-8-13(2)11-15/h13-14,17H,3-11H2,1-2H3. The Morgan fingerprint density at radius 1 is 1.41 bits per heavy atom. The van der Waals surface area contributed by atoms with Gasteiger partial charge >= 0.3 is 0 Å². The zero-order valence-electron chi connectivity index (χ0n) is 11.4. The van der Waals surface area contributed by atoms with Crippen LogP contribution in [-0.4, -0.2) is 11.2 Å². The van der Waals surface area contributed by atoms with E-state index in [9.17, 15) is 10.4 Å². The fourth-order valence-electron chi connectivity index (χ4n) is 3.11. The van der Waals surface area contributed by atoms with Gasteiger partial charge in [0.05, 0.1) is 17.6 Å². The van der Waals surface area contributed by atoms with Crippen molar-refractivity contribution in [2.75, 3.05) is 0 Å². The van der Waals surface area contributed by atoms with Crippen molar-refractivity contribution in [1.29, 1.82) is 5.26 Å². The molecule has 0 bridgehead atoms. The maximum atomic E-state index is 10.3. The highest BCUT2D eigenvalue weighted by atomic mass is 16.3. The van der Waals surface area contributed by atoms with E-state index < -0.39 is 11.5 Å². The smallest absolute Gasteiger partial charge is 0.0834 e. The van der Waals surface area contributed by atoms with Gasteiger partial charge < -0.3 is 5.11 Å². The second-order valence-corrected chi connectivity index (χ2v) is 5.83. The molecule has 0 heterocycles. The first kappa shape index (κ1) is 14.5. The van der Waals surface area contributed by atoms with Gasteiger partial charge in [0.15, 0.2) is 0 Å². The normalized spacial score (nSPS) is 30.8. The first-order valence-corrected chi connectivity index (χ1v) is 7.24. The molecular formula is C15H27NO. The summed E-state index contributed by atoms with van der Waals surface area (Å²) in [5.74, 6) is 0.591. The maximum absolute atomic E-state index is 10.3. The highest BCUT2D eigenvalue weighted by Crippen LogP contribution is 2.42. The minimum atomic E-state index is -0.441. The van der Waals surface area contributed by atoms with Crippen LogP contribution in [0.2, 0.25) is 0 Å². The molecule has 3 atom stereocenters. The molecule has 0 radical (unpaired) electrons. The summed E-state index contributed by atoms with van der Waals surface area (Å²) in [5.41, 5.74) is -0.441. The van der Waals surface area contributed by atoms with Crippen LogP contribution >= 0.6 is 0 Å². The number of nitriles is 1. The number of hydrogen-bond acceptors (Lipinski definition) is 2. The first-order valence-electron chi connectivity index (χ1n) is 7.24.